The second-order valence-electron chi connectivity index (χ2n) is 4.14. The summed E-state index contributed by atoms with van der Waals surface area (Å²) in [5, 5.41) is 0. The molecule has 0 heterocycles. The molecule has 3 aliphatic rings. The Balaban J connectivity index is 2.17. The Morgan fingerprint density at radius 3 is 1.92 bits per heavy atom. The quantitative estimate of drug-likeness (QED) is 0.483. The van der Waals surface area contributed by atoms with Crippen LogP contribution in [0.4, 0.5) is 0 Å². The van der Waals surface area contributed by atoms with E-state index in [0.717, 1.165) is 0 Å². The van der Waals surface area contributed by atoms with Crippen LogP contribution >= 0.6 is 63.7 Å². The molecule has 0 saturated heterocycles. The summed E-state index contributed by atoms with van der Waals surface area (Å²) in [5.41, 5.74) is 0.425. The first-order valence-electron chi connectivity index (χ1n) is 4.13. The van der Waals surface area contributed by atoms with E-state index < -0.39 is 0 Å². The Morgan fingerprint density at radius 1 is 1.00 bits per heavy atom. The summed E-state index contributed by atoms with van der Waals surface area (Å²) in [6, 6.07) is 0. The average Bonchev–Trinajstić information content (AvgIpc) is 1.82. The van der Waals surface area contributed by atoms with Crippen LogP contribution in [0.15, 0.2) is 0 Å². The van der Waals surface area contributed by atoms with Gasteiger partial charge in [-0.25, -0.2) is 0 Å². The minimum Gasteiger partial charge on any atom is -0.0853 e. The van der Waals surface area contributed by atoms with Gasteiger partial charge in [0.15, 0.2) is 0 Å². The van der Waals surface area contributed by atoms with Crippen molar-refractivity contribution in [3.8, 4) is 0 Å². The van der Waals surface area contributed by atoms with Gasteiger partial charge in [0.25, 0.3) is 0 Å². The second-order valence-corrected chi connectivity index (χ2v) is 12.6. The summed E-state index contributed by atoms with van der Waals surface area (Å²) in [7, 11) is 0. The molecule has 0 amide bonds. The highest BCUT2D eigenvalue weighted by Crippen LogP contribution is 2.71. The molecule has 12 heavy (non-hydrogen) atoms. The van der Waals surface area contributed by atoms with Gasteiger partial charge < -0.3 is 0 Å². The standard InChI is InChI=1S/C8H10Br4/c9-7-3-1-2-6(4-7,5-7)8(10,11)12/h1-5H2. The fourth-order valence-electron chi connectivity index (χ4n) is 2.60. The van der Waals surface area contributed by atoms with Crippen LogP contribution in [0, 0.1) is 5.41 Å². The molecule has 0 nitrogen and oxygen atoms in total. The predicted octanol–water partition coefficient (Wildman–Crippen LogP) is 4.92. The fourth-order valence-corrected chi connectivity index (χ4v) is 5.39. The summed E-state index contributed by atoms with van der Waals surface area (Å²) in [4.78, 5) is 0. The van der Waals surface area contributed by atoms with Gasteiger partial charge in [0, 0.05) is 9.74 Å². The number of hydrogen-bond donors (Lipinski definition) is 0. The Hall–Kier alpha value is 1.92. The third kappa shape index (κ3) is 1.49. The third-order valence-corrected chi connectivity index (χ3v) is 6.67. The lowest BCUT2D eigenvalue weighted by Gasteiger charge is -2.61. The van der Waals surface area contributed by atoms with E-state index in [0.29, 0.717) is 9.74 Å². The van der Waals surface area contributed by atoms with E-state index in [9.17, 15) is 0 Å². The van der Waals surface area contributed by atoms with Crippen molar-refractivity contribution in [3.05, 3.63) is 0 Å². The van der Waals surface area contributed by atoms with Crippen molar-refractivity contribution in [2.24, 2.45) is 5.41 Å². The van der Waals surface area contributed by atoms with Crippen molar-refractivity contribution >= 4 is 63.7 Å². The molecule has 70 valence electrons. The van der Waals surface area contributed by atoms with E-state index in [2.05, 4.69) is 63.7 Å². The number of alkyl halides is 4. The van der Waals surface area contributed by atoms with E-state index in [1.807, 2.05) is 0 Å². The molecule has 0 spiro atoms. The van der Waals surface area contributed by atoms with Crippen LogP contribution in [-0.4, -0.2) is 6.47 Å². The normalized spacial score (nSPS) is 47.0. The van der Waals surface area contributed by atoms with Gasteiger partial charge in [0.1, 0.15) is 2.14 Å². The van der Waals surface area contributed by atoms with Gasteiger partial charge >= 0.3 is 0 Å². The van der Waals surface area contributed by atoms with Crippen LogP contribution in [-0.2, 0) is 0 Å². The van der Waals surface area contributed by atoms with Crippen molar-refractivity contribution in [2.75, 3.05) is 0 Å². The highest BCUT2D eigenvalue weighted by molar-refractivity contribution is 9.39. The molecule has 0 N–H and O–H groups in total. The van der Waals surface area contributed by atoms with Crippen LogP contribution in [0.5, 0.6) is 0 Å². The molecule has 0 unspecified atom stereocenters. The van der Waals surface area contributed by atoms with Crippen LogP contribution in [0.3, 0.4) is 0 Å². The minimum absolute atomic E-state index is 0.0440. The molecule has 0 aromatic rings. The first-order chi connectivity index (χ1) is 5.37. The zero-order valence-electron chi connectivity index (χ0n) is 6.55. The topological polar surface area (TPSA) is 0 Å². The summed E-state index contributed by atoms with van der Waals surface area (Å²) in [6.45, 7) is 0. The molecular formula is C8H10Br4. The monoisotopic (exact) mass is 422 g/mol. The van der Waals surface area contributed by atoms with Crippen LogP contribution in [0.2, 0.25) is 0 Å². The third-order valence-electron chi connectivity index (χ3n) is 3.19. The Kier molecular flexibility index (Phi) is 2.57. The van der Waals surface area contributed by atoms with Crippen molar-refractivity contribution in [1.29, 1.82) is 0 Å². The molecule has 3 rings (SSSR count). The molecule has 3 aliphatic carbocycles. The average molecular weight is 426 g/mol. The summed E-state index contributed by atoms with van der Waals surface area (Å²) >= 11 is 14.8. The molecule has 0 atom stereocenters. The Bertz CT molecular complexity index is 200. The molecular weight excluding hydrogens is 416 g/mol. The van der Waals surface area contributed by atoms with Gasteiger partial charge in [0.05, 0.1) is 0 Å². The van der Waals surface area contributed by atoms with E-state index >= 15 is 0 Å². The maximum atomic E-state index is 3.82. The molecule has 0 aromatic carbocycles. The molecule has 2 bridgehead atoms. The molecule has 0 aliphatic heterocycles. The van der Waals surface area contributed by atoms with Crippen LogP contribution < -0.4 is 0 Å². The molecule has 3 fully saturated rings. The predicted molar refractivity (Wildman–Crippen MR) is 66.7 cm³/mol. The highest BCUT2D eigenvalue weighted by atomic mass is 80.0. The Morgan fingerprint density at radius 2 is 1.58 bits per heavy atom. The zero-order valence-corrected chi connectivity index (χ0v) is 12.9. The maximum absolute atomic E-state index is 3.82. The van der Waals surface area contributed by atoms with Gasteiger partial charge in [0.2, 0.25) is 0 Å². The number of rotatable bonds is 0. The van der Waals surface area contributed by atoms with Crippen molar-refractivity contribution in [2.45, 2.75) is 38.6 Å². The zero-order chi connectivity index (χ0) is 9.04. The van der Waals surface area contributed by atoms with E-state index in [4.69, 9.17) is 0 Å². The van der Waals surface area contributed by atoms with Crippen molar-refractivity contribution < 1.29 is 0 Å². The molecule has 3 saturated carbocycles. The van der Waals surface area contributed by atoms with Gasteiger partial charge in [-0.15, -0.1) is 0 Å². The number of hydrogen-bond acceptors (Lipinski definition) is 0. The highest BCUT2D eigenvalue weighted by Gasteiger charge is 2.63. The Labute approximate surface area is 107 Å². The number of halogens is 4. The molecule has 4 heteroatoms. The summed E-state index contributed by atoms with van der Waals surface area (Å²) in [6.07, 6.45) is 6.57. The van der Waals surface area contributed by atoms with Crippen molar-refractivity contribution in [1.82, 2.24) is 0 Å². The first kappa shape index (κ1) is 10.4. The smallest absolute Gasteiger partial charge is 0.0853 e. The lowest BCUT2D eigenvalue weighted by Crippen LogP contribution is -2.57. The molecule has 0 aromatic heterocycles. The van der Waals surface area contributed by atoms with Gasteiger partial charge in [-0.3, -0.25) is 0 Å². The summed E-state index contributed by atoms with van der Waals surface area (Å²) in [5.74, 6) is 0. The summed E-state index contributed by atoms with van der Waals surface area (Å²) < 4.78 is 0.420. The first-order valence-corrected chi connectivity index (χ1v) is 7.30. The largest absolute Gasteiger partial charge is 0.140 e. The fraction of sp³-hybridized carbons (Fsp3) is 1.00. The van der Waals surface area contributed by atoms with E-state index in [-0.39, 0.29) is 2.14 Å². The van der Waals surface area contributed by atoms with Crippen LogP contribution in [0.1, 0.15) is 32.1 Å². The van der Waals surface area contributed by atoms with Crippen LogP contribution in [0.25, 0.3) is 0 Å². The van der Waals surface area contributed by atoms with Gasteiger partial charge in [-0.1, -0.05) is 70.1 Å². The van der Waals surface area contributed by atoms with Gasteiger partial charge in [-0.2, -0.15) is 0 Å². The van der Waals surface area contributed by atoms with E-state index in [1.54, 1.807) is 0 Å². The molecule has 0 radical (unpaired) electrons. The van der Waals surface area contributed by atoms with E-state index in [1.165, 1.54) is 32.1 Å². The van der Waals surface area contributed by atoms with Gasteiger partial charge in [-0.05, 0) is 25.7 Å². The SMILES string of the molecule is BrC12CCCC(C(Br)(Br)Br)(C1)C2. The lowest BCUT2D eigenvalue weighted by molar-refractivity contribution is 0.0389. The van der Waals surface area contributed by atoms with Crippen molar-refractivity contribution in [3.63, 3.8) is 0 Å². The minimum atomic E-state index is -0.0440. The number of fused-ring (bicyclic) bond motifs is 2. The lowest BCUT2D eigenvalue weighted by atomic mass is 9.55. The maximum Gasteiger partial charge on any atom is 0.140 e. The second kappa shape index (κ2) is 2.96.